The zero-order chi connectivity index (χ0) is 9.14. The van der Waals surface area contributed by atoms with Crippen molar-refractivity contribution in [3.8, 4) is 6.07 Å². The standard InChI is InChI=1S/C8H9N3O/c1-11-3-2-6(4-9)7(5-11)8(10)12/h2-3,5-6H,1H3,(H2,10,12)/t6-/m0/s1. The van der Waals surface area contributed by atoms with Crippen molar-refractivity contribution in [2.45, 2.75) is 0 Å². The fraction of sp³-hybridized carbons (Fsp3) is 0.250. The predicted molar refractivity (Wildman–Crippen MR) is 43.3 cm³/mol. The van der Waals surface area contributed by atoms with E-state index >= 15 is 0 Å². The third-order valence-electron chi connectivity index (χ3n) is 1.62. The molecule has 12 heavy (non-hydrogen) atoms. The summed E-state index contributed by atoms with van der Waals surface area (Å²) in [5.74, 6) is -1.04. The first-order valence-electron chi connectivity index (χ1n) is 3.46. The first-order valence-corrected chi connectivity index (χ1v) is 3.46. The fourth-order valence-corrected chi connectivity index (χ4v) is 0.998. The molecule has 1 aliphatic heterocycles. The Morgan fingerprint density at radius 1 is 1.83 bits per heavy atom. The molecule has 0 spiro atoms. The van der Waals surface area contributed by atoms with Crippen molar-refractivity contribution in [1.82, 2.24) is 4.90 Å². The van der Waals surface area contributed by atoms with E-state index in [0.29, 0.717) is 5.57 Å². The van der Waals surface area contributed by atoms with E-state index in [4.69, 9.17) is 11.0 Å². The minimum Gasteiger partial charge on any atom is -0.366 e. The van der Waals surface area contributed by atoms with Crippen LogP contribution in [-0.4, -0.2) is 17.9 Å². The van der Waals surface area contributed by atoms with Crippen LogP contribution in [0.5, 0.6) is 0 Å². The lowest BCUT2D eigenvalue weighted by Crippen LogP contribution is -2.24. The molecule has 0 saturated heterocycles. The Bertz CT molecular complexity index is 298. The molecule has 0 aromatic carbocycles. The topological polar surface area (TPSA) is 70.1 Å². The predicted octanol–water partition coefficient (Wildman–Crippen LogP) is -0.0455. The van der Waals surface area contributed by atoms with E-state index in [2.05, 4.69) is 0 Å². The van der Waals surface area contributed by atoms with Crippen LogP contribution in [0.25, 0.3) is 0 Å². The van der Waals surface area contributed by atoms with Crippen molar-refractivity contribution in [2.24, 2.45) is 11.7 Å². The van der Waals surface area contributed by atoms with E-state index < -0.39 is 11.8 Å². The minimum absolute atomic E-state index is 0.336. The Balaban J connectivity index is 2.95. The number of primary amides is 1. The molecular weight excluding hydrogens is 154 g/mol. The first kappa shape index (κ1) is 8.34. The van der Waals surface area contributed by atoms with E-state index in [0.717, 1.165) is 0 Å². The van der Waals surface area contributed by atoms with Gasteiger partial charge in [0, 0.05) is 19.4 Å². The van der Waals surface area contributed by atoms with Crippen LogP contribution in [0.3, 0.4) is 0 Å². The number of rotatable bonds is 1. The van der Waals surface area contributed by atoms with Crippen LogP contribution in [0.4, 0.5) is 0 Å². The molecule has 1 aliphatic rings. The third kappa shape index (κ3) is 1.45. The Hall–Kier alpha value is -1.76. The number of allylic oxidation sites excluding steroid dienone is 1. The van der Waals surface area contributed by atoms with Crippen molar-refractivity contribution in [3.05, 3.63) is 24.0 Å². The molecular formula is C8H9N3O. The summed E-state index contributed by atoms with van der Waals surface area (Å²) in [7, 11) is 1.77. The number of hydrogen-bond acceptors (Lipinski definition) is 3. The molecule has 4 nitrogen and oxygen atoms in total. The molecule has 62 valence electrons. The van der Waals surface area contributed by atoms with E-state index in [1.807, 2.05) is 6.07 Å². The van der Waals surface area contributed by atoms with Crippen molar-refractivity contribution in [2.75, 3.05) is 7.05 Å². The van der Waals surface area contributed by atoms with Gasteiger partial charge in [0.2, 0.25) is 5.91 Å². The van der Waals surface area contributed by atoms with Gasteiger partial charge in [0.05, 0.1) is 17.6 Å². The molecule has 0 unspecified atom stereocenters. The van der Waals surface area contributed by atoms with E-state index in [1.54, 1.807) is 30.4 Å². The summed E-state index contributed by atoms with van der Waals surface area (Å²) in [6.45, 7) is 0. The van der Waals surface area contributed by atoms with Crippen LogP contribution in [0, 0.1) is 17.2 Å². The molecule has 0 bridgehead atoms. The number of hydrogen-bond donors (Lipinski definition) is 1. The van der Waals surface area contributed by atoms with E-state index in [1.165, 1.54) is 0 Å². The molecule has 0 aromatic rings. The lowest BCUT2D eigenvalue weighted by molar-refractivity contribution is -0.114. The van der Waals surface area contributed by atoms with Crippen molar-refractivity contribution in [3.63, 3.8) is 0 Å². The lowest BCUT2D eigenvalue weighted by Gasteiger charge is -2.17. The number of amides is 1. The third-order valence-corrected chi connectivity index (χ3v) is 1.62. The Morgan fingerprint density at radius 2 is 2.50 bits per heavy atom. The number of nitrogens with zero attached hydrogens (tertiary/aromatic N) is 2. The van der Waals surface area contributed by atoms with Crippen molar-refractivity contribution >= 4 is 5.91 Å². The Kier molecular flexibility index (Phi) is 2.15. The zero-order valence-electron chi connectivity index (χ0n) is 6.69. The maximum atomic E-state index is 10.8. The fourth-order valence-electron chi connectivity index (χ4n) is 0.998. The van der Waals surface area contributed by atoms with Gasteiger partial charge in [0.25, 0.3) is 0 Å². The number of carbonyl (C=O) groups is 1. The number of nitrogens with two attached hydrogens (primary N) is 1. The molecule has 1 heterocycles. The quantitative estimate of drug-likeness (QED) is 0.589. The number of carbonyl (C=O) groups excluding carboxylic acids is 1. The highest BCUT2D eigenvalue weighted by Crippen LogP contribution is 2.16. The Labute approximate surface area is 70.6 Å². The molecule has 1 atom stereocenters. The van der Waals surface area contributed by atoms with E-state index in [-0.39, 0.29) is 0 Å². The van der Waals surface area contributed by atoms with Gasteiger partial charge in [-0.2, -0.15) is 5.26 Å². The highest BCUT2D eigenvalue weighted by atomic mass is 16.1. The van der Waals surface area contributed by atoms with E-state index in [9.17, 15) is 4.79 Å². The average Bonchev–Trinajstić information content (AvgIpc) is 2.04. The van der Waals surface area contributed by atoms with Crippen LogP contribution in [0.15, 0.2) is 24.0 Å². The molecule has 4 heteroatoms. The molecule has 0 saturated carbocycles. The van der Waals surface area contributed by atoms with Gasteiger partial charge in [0.15, 0.2) is 0 Å². The molecule has 0 aliphatic carbocycles. The molecule has 0 aromatic heterocycles. The normalized spacial score (nSPS) is 21.5. The summed E-state index contributed by atoms with van der Waals surface area (Å²) in [6, 6.07) is 1.97. The monoisotopic (exact) mass is 163 g/mol. The van der Waals surface area contributed by atoms with Crippen LogP contribution >= 0.6 is 0 Å². The van der Waals surface area contributed by atoms with Gasteiger partial charge in [-0.05, 0) is 6.08 Å². The smallest absolute Gasteiger partial charge is 0.247 e. The summed E-state index contributed by atoms with van der Waals surface area (Å²) in [6.07, 6.45) is 4.93. The van der Waals surface area contributed by atoms with Crippen LogP contribution in [0.2, 0.25) is 0 Å². The number of nitriles is 1. The van der Waals surface area contributed by atoms with Crippen LogP contribution in [0.1, 0.15) is 0 Å². The minimum atomic E-state index is -0.544. The van der Waals surface area contributed by atoms with Gasteiger partial charge in [-0.3, -0.25) is 4.79 Å². The van der Waals surface area contributed by atoms with Gasteiger partial charge < -0.3 is 10.6 Å². The molecule has 1 amide bonds. The first-order chi connectivity index (χ1) is 5.65. The molecule has 1 rings (SSSR count). The SMILES string of the molecule is CN1C=C[C@@H](C#N)C(C(N)=O)=C1. The van der Waals surface area contributed by atoms with Gasteiger partial charge in [-0.25, -0.2) is 0 Å². The Morgan fingerprint density at radius 3 is 3.00 bits per heavy atom. The summed E-state index contributed by atoms with van der Waals surface area (Å²) in [4.78, 5) is 12.5. The zero-order valence-corrected chi connectivity index (χ0v) is 6.69. The lowest BCUT2D eigenvalue weighted by atomic mass is 9.99. The van der Waals surface area contributed by atoms with Crippen molar-refractivity contribution in [1.29, 1.82) is 5.26 Å². The highest BCUT2D eigenvalue weighted by molar-refractivity contribution is 5.93. The summed E-state index contributed by atoms with van der Waals surface area (Å²) in [5.41, 5.74) is 5.41. The molecule has 0 radical (unpaired) electrons. The van der Waals surface area contributed by atoms with Gasteiger partial charge >= 0.3 is 0 Å². The van der Waals surface area contributed by atoms with Crippen molar-refractivity contribution < 1.29 is 4.79 Å². The maximum absolute atomic E-state index is 10.8. The molecule has 2 N–H and O–H groups in total. The molecule has 0 fully saturated rings. The second kappa shape index (κ2) is 3.09. The van der Waals surface area contributed by atoms with Gasteiger partial charge in [-0.1, -0.05) is 0 Å². The average molecular weight is 163 g/mol. The van der Waals surface area contributed by atoms with Crippen LogP contribution in [-0.2, 0) is 4.79 Å². The summed E-state index contributed by atoms with van der Waals surface area (Å²) >= 11 is 0. The second-order valence-corrected chi connectivity index (χ2v) is 2.56. The van der Waals surface area contributed by atoms with Crippen LogP contribution < -0.4 is 5.73 Å². The summed E-state index contributed by atoms with van der Waals surface area (Å²) in [5, 5.41) is 8.63. The largest absolute Gasteiger partial charge is 0.366 e. The van der Waals surface area contributed by atoms with Gasteiger partial charge in [0.1, 0.15) is 0 Å². The maximum Gasteiger partial charge on any atom is 0.247 e. The highest BCUT2D eigenvalue weighted by Gasteiger charge is 2.19. The summed E-state index contributed by atoms with van der Waals surface area (Å²) < 4.78 is 0. The second-order valence-electron chi connectivity index (χ2n) is 2.56. The van der Waals surface area contributed by atoms with Gasteiger partial charge in [-0.15, -0.1) is 0 Å².